The van der Waals surface area contributed by atoms with Crippen molar-refractivity contribution in [2.45, 2.75) is 25.7 Å². The second-order valence-electron chi connectivity index (χ2n) is 7.94. The number of hydrogen-bond acceptors (Lipinski definition) is 2. The molecule has 0 bridgehead atoms. The van der Waals surface area contributed by atoms with Crippen molar-refractivity contribution >= 4 is 16.5 Å². The summed E-state index contributed by atoms with van der Waals surface area (Å²) >= 11 is 0. The molecule has 29 heavy (non-hydrogen) atoms. The van der Waals surface area contributed by atoms with Crippen LogP contribution in [0.2, 0.25) is 0 Å². The quantitative estimate of drug-likeness (QED) is 0.445. The zero-order valence-electron chi connectivity index (χ0n) is 17.4. The van der Waals surface area contributed by atoms with Crippen LogP contribution in [0.3, 0.4) is 0 Å². The Morgan fingerprint density at radius 3 is 2.55 bits per heavy atom. The van der Waals surface area contributed by atoms with Crippen LogP contribution >= 0.6 is 0 Å². The maximum absolute atomic E-state index is 6.12. The van der Waals surface area contributed by atoms with Crippen LogP contribution in [0.4, 0.5) is 5.69 Å². The summed E-state index contributed by atoms with van der Waals surface area (Å²) < 4.78 is 6.12. The number of nitrogens with zero attached hydrogens (tertiary/aromatic N) is 1. The largest absolute Gasteiger partial charge is 0.439 e. The molecule has 0 amide bonds. The third kappa shape index (κ3) is 3.15. The monoisotopic (exact) mass is 381 g/mol. The zero-order chi connectivity index (χ0) is 20.6. The molecule has 0 saturated carbocycles. The molecule has 0 spiro atoms. The first-order valence-corrected chi connectivity index (χ1v) is 9.97. The Balaban J connectivity index is 1.82. The maximum atomic E-state index is 6.12. The number of ether oxygens (including phenoxy) is 1. The molecule has 0 saturated heterocycles. The lowest BCUT2D eigenvalue weighted by Crippen LogP contribution is -2.26. The van der Waals surface area contributed by atoms with Crippen molar-refractivity contribution in [1.82, 2.24) is 0 Å². The van der Waals surface area contributed by atoms with Gasteiger partial charge in [0, 0.05) is 18.5 Å². The number of allylic oxidation sites excluding steroid dienone is 3. The standard InChI is InChI=1S/C27H27NO/c1-6-17-27(4,26-19(2)15-16-21-11-7-8-12-22(21)26)20(3)18-25-28(5)23-13-9-10-14-24(23)29-25/h6-16,18H,1,3,17H2,2,4-5H3/b25-18-. The van der Waals surface area contributed by atoms with Gasteiger partial charge in [-0.3, -0.25) is 0 Å². The Morgan fingerprint density at radius 1 is 1.07 bits per heavy atom. The first-order chi connectivity index (χ1) is 14.0. The Bertz CT molecular complexity index is 1140. The molecule has 4 rings (SSSR count). The van der Waals surface area contributed by atoms with Gasteiger partial charge in [0.15, 0.2) is 5.75 Å². The van der Waals surface area contributed by atoms with E-state index in [1.165, 1.54) is 21.9 Å². The molecule has 0 radical (unpaired) electrons. The highest BCUT2D eigenvalue weighted by molar-refractivity contribution is 5.88. The lowest BCUT2D eigenvalue weighted by Gasteiger charge is -2.33. The summed E-state index contributed by atoms with van der Waals surface area (Å²) in [6, 6.07) is 21.0. The van der Waals surface area contributed by atoms with Gasteiger partial charge in [0.1, 0.15) is 0 Å². The van der Waals surface area contributed by atoms with Gasteiger partial charge in [0.2, 0.25) is 5.88 Å². The van der Waals surface area contributed by atoms with Gasteiger partial charge in [-0.25, -0.2) is 0 Å². The SMILES string of the molecule is C=CCC(C)(C(=C)/C=C1\Oc2ccccc2N1C)c1c(C)ccc2ccccc12. The smallest absolute Gasteiger partial charge is 0.200 e. The van der Waals surface area contributed by atoms with E-state index in [0.717, 1.165) is 29.3 Å². The Kier molecular flexibility index (Phi) is 4.79. The first kappa shape index (κ1) is 19.1. The van der Waals surface area contributed by atoms with Crippen LogP contribution in [0.1, 0.15) is 24.5 Å². The molecule has 3 aromatic carbocycles. The van der Waals surface area contributed by atoms with Crippen LogP contribution < -0.4 is 9.64 Å². The van der Waals surface area contributed by atoms with Gasteiger partial charge >= 0.3 is 0 Å². The minimum atomic E-state index is -0.293. The molecule has 0 aromatic heterocycles. The fourth-order valence-corrected chi connectivity index (χ4v) is 4.35. The van der Waals surface area contributed by atoms with Crippen LogP contribution in [0.25, 0.3) is 10.8 Å². The van der Waals surface area contributed by atoms with Crippen molar-refractivity contribution in [2.75, 3.05) is 11.9 Å². The van der Waals surface area contributed by atoms with E-state index < -0.39 is 0 Å². The van der Waals surface area contributed by atoms with Crippen molar-refractivity contribution in [2.24, 2.45) is 0 Å². The fraction of sp³-hybridized carbons (Fsp3) is 0.185. The van der Waals surface area contributed by atoms with Crippen molar-refractivity contribution < 1.29 is 4.74 Å². The molecule has 2 heteroatoms. The number of hydrogen-bond donors (Lipinski definition) is 0. The van der Waals surface area contributed by atoms with Crippen LogP contribution in [0.15, 0.2) is 97.4 Å². The average molecular weight is 382 g/mol. The van der Waals surface area contributed by atoms with Gasteiger partial charge < -0.3 is 9.64 Å². The Morgan fingerprint density at radius 2 is 1.79 bits per heavy atom. The highest BCUT2D eigenvalue weighted by atomic mass is 16.5. The van der Waals surface area contributed by atoms with Gasteiger partial charge in [-0.2, -0.15) is 0 Å². The normalized spacial score (nSPS) is 16.4. The first-order valence-electron chi connectivity index (χ1n) is 9.97. The van der Waals surface area contributed by atoms with Crippen molar-refractivity contribution in [3.63, 3.8) is 0 Å². The minimum absolute atomic E-state index is 0.293. The number of benzene rings is 3. The summed E-state index contributed by atoms with van der Waals surface area (Å²) in [7, 11) is 2.03. The number of para-hydroxylation sites is 2. The molecule has 1 atom stereocenters. The summed E-state index contributed by atoms with van der Waals surface area (Å²) in [5.74, 6) is 1.67. The predicted molar refractivity (Wildman–Crippen MR) is 124 cm³/mol. The van der Waals surface area contributed by atoms with E-state index in [4.69, 9.17) is 4.74 Å². The molecule has 0 fully saturated rings. The Labute approximate surface area is 173 Å². The second-order valence-corrected chi connectivity index (χ2v) is 7.94. The van der Waals surface area contributed by atoms with E-state index in [2.05, 4.69) is 80.4 Å². The Hall–Kier alpha value is -3.26. The van der Waals surface area contributed by atoms with Gasteiger partial charge in [-0.05, 0) is 52.9 Å². The number of anilines is 1. The summed E-state index contributed by atoms with van der Waals surface area (Å²) in [5.41, 5.74) is 4.34. The van der Waals surface area contributed by atoms with E-state index in [-0.39, 0.29) is 5.41 Å². The van der Waals surface area contributed by atoms with Crippen molar-refractivity contribution in [3.8, 4) is 5.75 Å². The van der Waals surface area contributed by atoms with Gasteiger partial charge in [-0.15, -0.1) is 6.58 Å². The molecule has 1 aliphatic heterocycles. The molecule has 0 aliphatic carbocycles. The van der Waals surface area contributed by atoms with Crippen LogP contribution in [-0.4, -0.2) is 7.05 Å². The van der Waals surface area contributed by atoms with Crippen LogP contribution in [0.5, 0.6) is 5.75 Å². The molecule has 1 unspecified atom stereocenters. The number of fused-ring (bicyclic) bond motifs is 2. The third-order valence-corrected chi connectivity index (χ3v) is 6.02. The fourth-order valence-electron chi connectivity index (χ4n) is 4.35. The van der Waals surface area contributed by atoms with E-state index in [1.807, 2.05) is 31.3 Å². The molecule has 1 heterocycles. The van der Waals surface area contributed by atoms with E-state index in [9.17, 15) is 0 Å². The maximum Gasteiger partial charge on any atom is 0.200 e. The molecule has 0 N–H and O–H groups in total. The lowest BCUT2D eigenvalue weighted by atomic mass is 9.70. The minimum Gasteiger partial charge on any atom is -0.439 e. The van der Waals surface area contributed by atoms with Gasteiger partial charge in [0.25, 0.3) is 0 Å². The van der Waals surface area contributed by atoms with Crippen molar-refractivity contribution in [1.29, 1.82) is 0 Å². The highest BCUT2D eigenvalue weighted by Gasteiger charge is 2.33. The van der Waals surface area contributed by atoms with Gasteiger partial charge in [0.05, 0.1) is 5.69 Å². The topological polar surface area (TPSA) is 12.5 Å². The van der Waals surface area contributed by atoms with Crippen LogP contribution in [0, 0.1) is 6.92 Å². The molecule has 146 valence electrons. The van der Waals surface area contributed by atoms with E-state index >= 15 is 0 Å². The average Bonchev–Trinajstić information content (AvgIpc) is 3.03. The second kappa shape index (κ2) is 7.29. The molecule has 3 aromatic rings. The van der Waals surface area contributed by atoms with Gasteiger partial charge in [-0.1, -0.05) is 68.1 Å². The van der Waals surface area contributed by atoms with E-state index in [0.29, 0.717) is 0 Å². The van der Waals surface area contributed by atoms with Crippen molar-refractivity contribution in [3.05, 3.63) is 109 Å². The summed E-state index contributed by atoms with van der Waals surface area (Å²) in [6.45, 7) is 13.0. The zero-order valence-corrected chi connectivity index (χ0v) is 17.4. The van der Waals surface area contributed by atoms with Crippen LogP contribution in [-0.2, 0) is 5.41 Å². The summed E-state index contributed by atoms with van der Waals surface area (Å²) in [6.07, 6.45) is 4.85. The predicted octanol–water partition coefficient (Wildman–Crippen LogP) is 6.91. The molecule has 2 nitrogen and oxygen atoms in total. The number of aryl methyl sites for hydroxylation is 1. The molecular weight excluding hydrogens is 354 g/mol. The number of rotatable bonds is 5. The molecule has 1 aliphatic rings. The lowest BCUT2D eigenvalue weighted by molar-refractivity contribution is 0.440. The van der Waals surface area contributed by atoms with E-state index in [1.54, 1.807) is 0 Å². The molecular formula is C27H27NO. The third-order valence-electron chi connectivity index (χ3n) is 6.02. The highest BCUT2D eigenvalue weighted by Crippen LogP contribution is 2.43. The summed E-state index contributed by atoms with van der Waals surface area (Å²) in [5, 5.41) is 2.51. The summed E-state index contributed by atoms with van der Waals surface area (Å²) in [4.78, 5) is 2.07.